The molecule has 0 fully saturated rings. The van der Waals surface area contributed by atoms with Crippen molar-refractivity contribution >= 4 is 27.6 Å². The van der Waals surface area contributed by atoms with Crippen LogP contribution in [0.15, 0.2) is 0 Å². The number of carbonyl (C=O) groups is 2. The van der Waals surface area contributed by atoms with E-state index in [4.69, 9.17) is 56.3 Å². The minimum atomic E-state index is -4.19. The summed E-state index contributed by atoms with van der Waals surface area (Å²) in [4.78, 5) is 21.1. The van der Waals surface area contributed by atoms with Crippen molar-refractivity contribution in [3.63, 3.8) is 0 Å². The van der Waals surface area contributed by atoms with Crippen LogP contribution in [0.1, 0.15) is 114 Å². The fraction of sp³-hybridized carbons (Fsp3) is 0.938. The largest absolute Gasteiger partial charge is 0.481 e. The van der Waals surface area contributed by atoms with Gasteiger partial charge in [-0.1, -0.05) is 88.1 Å². The lowest BCUT2D eigenvalue weighted by atomic mass is 10.5. The Labute approximate surface area is 308 Å². The standard InChI is InChI=1S/C22H44O16P2.10CH4/c1-3-7-29-11-15-33-39(27,34-16-12-30-8-4-2)37-19-20-38-40(28,35-17-13-31-9-5-21(23)24)36-18-14-32-10-6-22(25)26;;;;;;;;;;/h3-20H2,1-2H3,(H,23,24)(H,25,26);10*1H4. The van der Waals surface area contributed by atoms with E-state index in [0.717, 1.165) is 12.8 Å². The molecule has 0 heterocycles. The van der Waals surface area contributed by atoms with Crippen LogP contribution in [0.4, 0.5) is 0 Å². The molecule has 18 heteroatoms. The van der Waals surface area contributed by atoms with Crippen LogP contribution in [0.3, 0.4) is 0 Å². The van der Waals surface area contributed by atoms with Gasteiger partial charge in [-0.2, -0.15) is 0 Å². The maximum atomic E-state index is 13.0. The molecule has 0 saturated carbocycles. The fourth-order valence-electron chi connectivity index (χ4n) is 2.37. The van der Waals surface area contributed by atoms with E-state index in [1.165, 1.54) is 0 Å². The van der Waals surface area contributed by atoms with E-state index in [2.05, 4.69) is 0 Å². The van der Waals surface area contributed by atoms with Gasteiger partial charge in [-0.15, -0.1) is 0 Å². The lowest BCUT2D eigenvalue weighted by molar-refractivity contribution is -0.139. The normalized spacial score (nSPS) is 9.72. The second kappa shape index (κ2) is 52.4. The van der Waals surface area contributed by atoms with Crippen molar-refractivity contribution in [2.45, 2.75) is 114 Å². The molecule has 0 aliphatic rings. The van der Waals surface area contributed by atoms with Crippen LogP contribution in [0.5, 0.6) is 0 Å². The summed E-state index contributed by atoms with van der Waals surface area (Å²) in [6, 6.07) is 0. The monoisotopic (exact) mass is 787 g/mol. The topological polar surface area (TPSA) is 201 Å². The summed E-state index contributed by atoms with van der Waals surface area (Å²) in [5, 5.41) is 17.3. The molecule has 0 atom stereocenters. The summed E-state index contributed by atoms with van der Waals surface area (Å²) in [7, 11) is -8.22. The SMILES string of the molecule is C.C.C.C.C.C.C.C.C.C.CCCOCCOP(=O)(OCCOCCC)OCCOP(=O)(OCCOCCC(=O)O)OCCOCCC(=O)O. The molecule has 0 radical (unpaired) electrons. The molecule has 0 aromatic carbocycles. The van der Waals surface area contributed by atoms with Crippen LogP contribution in [-0.2, 0) is 64.8 Å². The number of aliphatic carboxylic acids is 2. The van der Waals surface area contributed by atoms with Crippen molar-refractivity contribution in [1.82, 2.24) is 0 Å². The zero-order valence-corrected chi connectivity index (χ0v) is 25.0. The van der Waals surface area contributed by atoms with Crippen molar-refractivity contribution < 1.29 is 75.0 Å². The highest BCUT2D eigenvalue weighted by atomic mass is 31.2. The van der Waals surface area contributed by atoms with Gasteiger partial charge in [0.1, 0.15) is 0 Å². The van der Waals surface area contributed by atoms with E-state index in [1.807, 2.05) is 13.8 Å². The van der Waals surface area contributed by atoms with Gasteiger partial charge >= 0.3 is 27.6 Å². The molecule has 0 bridgehead atoms. The van der Waals surface area contributed by atoms with Gasteiger partial charge in [-0.3, -0.25) is 36.7 Å². The summed E-state index contributed by atoms with van der Waals surface area (Å²) in [6.45, 7) is 3.56. The molecular formula is C32H84O16P2. The van der Waals surface area contributed by atoms with Gasteiger partial charge in [0.25, 0.3) is 0 Å². The van der Waals surface area contributed by atoms with Crippen molar-refractivity contribution in [3.05, 3.63) is 0 Å². The Bertz CT molecular complexity index is 697. The second-order valence-electron chi connectivity index (χ2n) is 7.63. The minimum Gasteiger partial charge on any atom is -0.481 e. The van der Waals surface area contributed by atoms with E-state index in [1.54, 1.807) is 0 Å². The van der Waals surface area contributed by atoms with Crippen LogP contribution in [0, 0.1) is 0 Å². The first kappa shape index (κ1) is 78.2. The van der Waals surface area contributed by atoms with Crippen molar-refractivity contribution in [3.8, 4) is 0 Å². The van der Waals surface area contributed by atoms with Gasteiger partial charge in [0.15, 0.2) is 0 Å². The number of hydrogen-bond acceptors (Lipinski definition) is 14. The molecule has 0 aliphatic carbocycles. The van der Waals surface area contributed by atoms with Crippen molar-refractivity contribution in [2.24, 2.45) is 0 Å². The molecule has 0 aliphatic heterocycles. The van der Waals surface area contributed by atoms with E-state index >= 15 is 0 Å². The van der Waals surface area contributed by atoms with Crippen molar-refractivity contribution in [2.75, 3.05) is 92.5 Å². The van der Waals surface area contributed by atoms with Crippen LogP contribution < -0.4 is 0 Å². The third-order valence-corrected chi connectivity index (χ3v) is 7.10. The smallest absolute Gasteiger partial charge is 0.475 e. The van der Waals surface area contributed by atoms with Gasteiger partial charge in [-0.05, 0) is 12.8 Å². The number of phosphoric ester groups is 2. The number of rotatable bonds is 31. The van der Waals surface area contributed by atoms with Crippen LogP contribution in [0.25, 0.3) is 0 Å². The maximum absolute atomic E-state index is 13.0. The Hall–Kier alpha value is -1.00. The second-order valence-corrected chi connectivity index (χ2v) is 11.0. The van der Waals surface area contributed by atoms with Gasteiger partial charge in [-0.25, -0.2) is 9.13 Å². The predicted octanol–water partition coefficient (Wildman–Crippen LogP) is 9.50. The maximum Gasteiger partial charge on any atom is 0.475 e. The number of carboxylic acid groups (broad SMARTS) is 2. The van der Waals surface area contributed by atoms with Crippen LogP contribution in [0.2, 0.25) is 0 Å². The average Bonchev–Trinajstić information content (AvgIpc) is 2.90. The molecule has 0 rings (SSSR count). The Kier molecular flexibility index (Phi) is 81.9. The summed E-state index contributed by atoms with van der Waals surface area (Å²) in [6.07, 6.45) is 1.19. The van der Waals surface area contributed by atoms with Gasteiger partial charge in [0.2, 0.25) is 0 Å². The quantitative estimate of drug-likeness (QED) is 0.0496. The third-order valence-electron chi connectivity index (χ3n) is 4.11. The predicted molar refractivity (Wildman–Crippen MR) is 207 cm³/mol. The fourth-order valence-corrected chi connectivity index (χ4v) is 4.61. The van der Waals surface area contributed by atoms with Gasteiger partial charge in [0, 0.05) is 13.2 Å². The summed E-state index contributed by atoms with van der Waals surface area (Å²) < 4.78 is 78.1. The van der Waals surface area contributed by atoms with E-state index in [-0.39, 0.29) is 160 Å². The first-order valence-electron chi connectivity index (χ1n) is 13.0. The molecule has 0 amide bonds. The molecule has 50 heavy (non-hydrogen) atoms. The van der Waals surface area contributed by atoms with E-state index < -0.39 is 34.2 Å². The zero-order chi connectivity index (χ0) is 30.0. The number of ether oxygens (including phenoxy) is 4. The van der Waals surface area contributed by atoms with Crippen LogP contribution in [-0.4, -0.2) is 115 Å². The molecule has 0 saturated heterocycles. The molecule has 0 aromatic heterocycles. The summed E-state index contributed by atoms with van der Waals surface area (Å²) in [5.41, 5.74) is 0. The van der Waals surface area contributed by atoms with Crippen LogP contribution >= 0.6 is 15.6 Å². The molecule has 0 spiro atoms. The molecular weight excluding hydrogens is 702 g/mol. The molecule has 318 valence electrons. The molecule has 0 unspecified atom stereocenters. The first-order chi connectivity index (χ1) is 19.2. The number of carboxylic acids is 2. The highest BCUT2D eigenvalue weighted by Gasteiger charge is 2.30. The average molecular weight is 787 g/mol. The number of phosphoric acid groups is 2. The van der Waals surface area contributed by atoms with E-state index in [9.17, 15) is 18.7 Å². The zero-order valence-electron chi connectivity index (χ0n) is 23.2. The Balaban J connectivity index is -0.000000169. The lowest BCUT2D eigenvalue weighted by Crippen LogP contribution is -2.14. The first-order valence-corrected chi connectivity index (χ1v) is 15.9. The number of hydrogen-bond donors (Lipinski definition) is 2. The summed E-state index contributed by atoms with van der Waals surface area (Å²) >= 11 is 0. The Morgan fingerprint density at radius 2 is 0.580 bits per heavy atom. The minimum absolute atomic E-state index is 0. The highest BCUT2D eigenvalue weighted by Crippen LogP contribution is 2.51. The summed E-state index contributed by atoms with van der Waals surface area (Å²) in [5.74, 6) is -2.07. The molecule has 16 nitrogen and oxygen atoms in total. The van der Waals surface area contributed by atoms with E-state index in [0.29, 0.717) is 13.2 Å². The van der Waals surface area contributed by atoms with Gasteiger partial charge in [0.05, 0.1) is 92.1 Å². The van der Waals surface area contributed by atoms with Gasteiger partial charge < -0.3 is 29.2 Å². The third kappa shape index (κ3) is 51.4. The highest BCUT2D eigenvalue weighted by molar-refractivity contribution is 7.48. The Morgan fingerprint density at radius 3 is 0.780 bits per heavy atom. The Morgan fingerprint density at radius 1 is 0.380 bits per heavy atom. The lowest BCUT2D eigenvalue weighted by Gasteiger charge is -2.20. The molecule has 2 N–H and O–H groups in total. The van der Waals surface area contributed by atoms with Crippen molar-refractivity contribution in [1.29, 1.82) is 0 Å². The molecule has 0 aromatic rings.